The van der Waals surface area contributed by atoms with Crippen LogP contribution in [-0.2, 0) is 0 Å². The van der Waals surface area contributed by atoms with Crippen LogP contribution in [0.5, 0.6) is 0 Å². The molecule has 1 atom stereocenters. The van der Waals surface area contributed by atoms with E-state index < -0.39 is 6.10 Å². The monoisotopic (exact) mass is 217 g/mol. The van der Waals surface area contributed by atoms with E-state index in [-0.39, 0.29) is 17.6 Å². The minimum atomic E-state index is -0.400. The molecule has 0 spiro atoms. The Morgan fingerprint density at radius 1 is 1.20 bits per heavy atom. The average molecular weight is 217 g/mol. The maximum absolute atomic E-state index is 9.57. The lowest BCUT2D eigenvalue weighted by Crippen LogP contribution is -2.52. The summed E-state index contributed by atoms with van der Waals surface area (Å²) in [6.45, 7) is 10.9. The Kier molecular flexibility index (Phi) is 5.78. The van der Waals surface area contributed by atoms with E-state index in [1.165, 1.54) is 0 Å². The van der Waals surface area contributed by atoms with Crippen LogP contribution in [0.25, 0.3) is 0 Å². The molecule has 0 saturated carbocycles. The first-order chi connectivity index (χ1) is 6.83. The maximum atomic E-state index is 9.57. The number of aliphatic hydroxyl groups excluding tert-OH is 2. The van der Waals surface area contributed by atoms with Crippen LogP contribution in [0.3, 0.4) is 0 Å². The van der Waals surface area contributed by atoms with Gasteiger partial charge in [-0.25, -0.2) is 0 Å². The second-order valence-electron chi connectivity index (χ2n) is 5.12. The van der Waals surface area contributed by atoms with Crippen molar-refractivity contribution in [2.75, 3.05) is 13.2 Å². The van der Waals surface area contributed by atoms with Crippen LogP contribution in [0.15, 0.2) is 0 Å². The molecule has 0 amide bonds. The van der Waals surface area contributed by atoms with Crippen LogP contribution in [0, 0.1) is 5.41 Å². The quantitative estimate of drug-likeness (QED) is 0.606. The smallest absolute Gasteiger partial charge is 0.0688 e. The molecule has 0 aliphatic rings. The first kappa shape index (κ1) is 14.9. The van der Waals surface area contributed by atoms with Gasteiger partial charge in [-0.1, -0.05) is 13.8 Å². The molecule has 0 aliphatic heterocycles. The lowest BCUT2D eigenvalue weighted by atomic mass is 9.82. The summed E-state index contributed by atoms with van der Waals surface area (Å²) >= 11 is 0. The van der Waals surface area contributed by atoms with E-state index in [4.69, 9.17) is 0 Å². The van der Waals surface area contributed by atoms with E-state index in [0.29, 0.717) is 0 Å². The molecule has 0 radical (unpaired) electrons. The van der Waals surface area contributed by atoms with E-state index in [1.807, 2.05) is 13.8 Å². The highest BCUT2D eigenvalue weighted by atomic mass is 16.3. The fourth-order valence-corrected chi connectivity index (χ4v) is 1.34. The Bertz CT molecular complexity index is 166. The summed E-state index contributed by atoms with van der Waals surface area (Å²) in [5, 5.41) is 22.3. The van der Waals surface area contributed by atoms with Crippen molar-refractivity contribution in [3.05, 3.63) is 0 Å². The molecule has 92 valence electrons. The number of nitrogens with one attached hydrogen (secondary N) is 1. The molecule has 3 heteroatoms. The Morgan fingerprint density at radius 3 is 1.93 bits per heavy atom. The normalized spacial score (nSPS) is 15.4. The van der Waals surface area contributed by atoms with Gasteiger partial charge in [0.25, 0.3) is 0 Å². The molecular weight excluding hydrogens is 190 g/mol. The van der Waals surface area contributed by atoms with Gasteiger partial charge in [0.2, 0.25) is 0 Å². The van der Waals surface area contributed by atoms with Gasteiger partial charge in [0.05, 0.1) is 6.10 Å². The molecule has 15 heavy (non-hydrogen) atoms. The van der Waals surface area contributed by atoms with Crippen molar-refractivity contribution in [3.8, 4) is 0 Å². The van der Waals surface area contributed by atoms with E-state index in [0.717, 1.165) is 19.4 Å². The van der Waals surface area contributed by atoms with Crippen LogP contribution < -0.4 is 5.32 Å². The summed E-state index contributed by atoms with van der Waals surface area (Å²) in [6.07, 6.45) is 1.49. The van der Waals surface area contributed by atoms with Gasteiger partial charge >= 0.3 is 0 Å². The van der Waals surface area contributed by atoms with Gasteiger partial charge < -0.3 is 15.5 Å². The predicted molar refractivity (Wildman–Crippen MR) is 63.9 cm³/mol. The predicted octanol–water partition coefficient (Wildman–Crippen LogP) is 1.53. The molecule has 0 heterocycles. The zero-order valence-corrected chi connectivity index (χ0v) is 10.8. The lowest BCUT2D eigenvalue weighted by molar-refractivity contribution is 0.0631. The maximum Gasteiger partial charge on any atom is 0.0688 e. The van der Waals surface area contributed by atoms with E-state index in [9.17, 15) is 10.2 Å². The molecular formula is C12H27NO2. The summed E-state index contributed by atoms with van der Waals surface area (Å²) in [4.78, 5) is 0. The fraction of sp³-hybridized carbons (Fsp3) is 1.00. The number of aliphatic hydroxyl groups is 2. The number of hydrogen-bond donors (Lipinski definition) is 3. The van der Waals surface area contributed by atoms with Crippen molar-refractivity contribution in [2.24, 2.45) is 5.41 Å². The first-order valence-corrected chi connectivity index (χ1v) is 5.87. The third kappa shape index (κ3) is 4.09. The van der Waals surface area contributed by atoms with Crippen LogP contribution in [0.2, 0.25) is 0 Å². The van der Waals surface area contributed by atoms with Gasteiger partial charge in [-0.15, -0.1) is 0 Å². The van der Waals surface area contributed by atoms with Crippen molar-refractivity contribution in [2.45, 2.75) is 59.1 Å². The minimum Gasteiger partial charge on any atom is -0.396 e. The Labute approximate surface area is 93.9 Å². The second kappa shape index (κ2) is 5.83. The fourth-order valence-electron chi connectivity index (χ4n) is 1.34. The third-order valence-electron chi connectivity index (χ3n) is 3.80. The molecule has 1 unspecified atom stereocenters. The summed E-state index contributed by atoms with van der Waals surface area (Å²) in [5.41, 5.74) is -0.350. The van der Waals surface area contributed by atoms with E-state index in [1.54, 1.807) is 6.92 Å². The summed E-state index contributed by atoms with van der Waals surface area (Å²) in [5.74, 6) is 0. The van der Waals surface area contributed by atoms with Gasteiger partial charge in [0.1, 0.15) is 0 Å². The van der Waals surface area contributed by atoms with E-state index in [2.05, 4.69) is 19.2 Å². The Hall–Kier alpha value is -0.120. The Morgan fingerprint density at radius 2 is 1.67 bits per heavy atom. The van der Waals surface area contributed by atoms with Crippen molar-refractivity contribution >= 4 is 0 Å². The van der Waals surface area contributed by atoms with Gasteiger partial charge in [-0.05, 0) is 33.6 Å². The largest absolute Gasteiger partial charge is 0.396 e. The summed E-state index contributed by atoms with van der Waals surface area (Å²) in [6, 6.07) is 0. The summed E-state index contributed by atoms with van der Waals surface area (Å²) < 4.78 is 0. The van der Waals surface area contributed by atoms with Crippen molar-refractivity contribution < 1.29 is 10.2 Å². The molecule has 0 rings (SSSR count). The van der Waals surface area contributed by atoms with E-state index >= 15 is 0 Å². The van der Waals surface area contributed by atoms with Crippen molar-refractivity contribution in [1.29, 1.82) is 0 Å². The molecule has 0 fully saturated rings. The van der Waals surface area contributed by atoms with Gasteiger partial charge in [0, 0.05) is 24.1 Å². The van der Waals surface area contributed by atoms with Crippen LogP contribution in [-0.4, -0.2) is 35.0 Å². The SMILES string of the molecule is CCC(CC)(CO)CNC(C)(C)C(C)O. The van der Waals surface area contributed by atoms with Crippen LogP contribution >= 0.6 is 0 Å². The number of rotatable bonds is 7. The molecule has 3 nitrogen and oxygen atoms in total. The van der Waals surface area contributed by atoms with Crippen molar-refractivity contribution in [1.82, 2.24) is 5.32 Å². The molecule has 0 saturated heterocycles. The topological polar surface area (TPSA) is 52.5 Å². The highest BCUT2D eigenvalue weighted by Crippen LogP contribution is 2.25. The zero-order chi connectivity index (χ0) is 12.1. The van der Waals surface area contributed by atoms with Crippen LogP contribution in [0.1, 0.15) is 47.5 Å². The second-order valence-corrected chi connectivity index (χ2v) is 5.12. The molecule has 3 N–H and O–H groups in total. The minimum absolute atomic E-state index is 0.0494. The molecule has 0 aromatic rings. The lowest BCUT2D eigenvalue weighted by Gasteiger charge is -2.36. The molecule has 0 aliphatic carbocycles. The number of hydrogen-bond acceptors (Lipinski definition) is 3. The first-order valence-electron chi connectivity index (χ1n) is 5.87. The average Bonchev–Trinajstić information content (AvgIpc) is 2.20. The van der Waals surface area contributed by atoms with Gasteiger partial charge in [0.15, 0.2) is 0 Å². The third-order valence-corrected chi connectivity index (χ3v) is 3.80. The van der Waals surface area contributed by atoms with Crippen LogP contribution in [0.4, 0.5) is 0 Å². The molecule has 0 bridgehead atoms. The van der Waals surface area contributed by atoms with Gasteiger partial charge in [-0.2, -0.15) is 0 Å². The summed E-state index contributed by atoms with van der Waals surface area (Å²) in [7, 11) is 0. The standard InChI is InChI=1S/C12H27NO2/c1-6-12(7-2,9-14)8-13-11(4,5)10(3)15/h10,13-15H,6-9H2,1-5H3. The van der Waals surface area contributed by atoms with Gasteiger partial charge in [-0.3, -0.25) is 0 Å². The highest BCUT2D eigenvalue weighted by Gasteiger charge is 2.30. The molecule has 0 aromatic carbocycles. The highest BCUT2D eigenvalue weighted by molar-refractivity contribution is 4.87. The molecule has 0 aromatic heterocycles. The Balaban J connectivity index is 4.34. The van der Waals surface area contributed by atoms with Crippen molar-refractivity contribution in [3.63, 3.8) is 0 Å². The zero-order valence-electron chi connectivity index (χ0n) is 10.8.